The normalized spacial score (nSPS) is 11.3. The van der Waals surface area contributed by atoms with Crippen molar-refractivity contribution in [1.29, 1.82) is 0 Å². The Hall–Kier alpha value is -2.48. The molecule has 0 aliphatic heterocycles. The molecule has 0 atom stereocenters. The number of anilines is 2. The van der Waals surface area contributed by atoms with Crippen molar-refractivity contribution in [3.63, 3.8) is 0 Å². The van der Waals surface area contributed by atoms with E-state index in [0.29, 0.717) is 30.8 Å². The highest BCUT2D eigenvalue weighted by atomic mass is 32.2. The van der Waals surface area contributed by atoms with E-state index in [-0.39, 0.29) is 11.7 Å². The number of benzene rings is 1. The van der Waals surface area contributed by atoms with Crippen LogP contribution in [0.3, 0.4) is 0 Å². The predicted molar refractivity (Wildman–Crippen MR) is 126 cm³/mol. The van der Waals surface area contributed by atoms with E-state index in [0.717, 1.165) is 43.7 Å². The zero-order chi connectivity index (χ0) is 22.7. The van der Waals surface area contributed by atoms with Gasteiger partial charge in [-0.2, -0.15) is 0 Å². The first kappa shape index (κ1) is 24.8. The van der Waals surface area contributed by atoms with E-state index in [4.69, 9.17) is 4.42 Å². The molecule has 7 nitrogen and oxygen atoms in total. The Morgan fingerprint density at radius 1 is 1.06 bits per heavy atom. The van der Waals surface area contributed by atoms with Gasteiger partial charge in [-0.25, -0.2) is 8.42 Å². The fourth-order valence-corrected chi connectivity index (χ4v) is 4.44. The number of nitrogens with zero attached hydrogens (tertiary/aromatic N) is 1. The van der Waals surface area contributed by atoms with Crippen molar-refractivity contribution in [2.45, 2.75) is 59.4 Å². The number of nitrogens with one attached hydrogen (secondary N) is 2. The minimum absolute atomic E-state index is 0.0593. The maximum atomic E-state index is 13.0. The van der Waals surface area contributed by atoms with Crippen LogP contribution in [-0.4, -0.2) is 33.2 Å². The van der Waals surface area contributed by atoms with Crippen molar-refractivity contribution in [3.8, 4) is 0 Å². The van der Waals surface area contributed by atoms with Crippen LogP contribution >= 0.6 is 0 Å². The van der Waals surface area contributed by atoms with Crippen LogP contribution in [0.1, 0.15) is 69.0 Å². The Bertz CT molecular complexity index is 911. The Labute approximate surface area is 186 Å². The molecule has 0 spiro atoms. The van der Waals surface area contributed by atoms with Crippen molar-refractivity contribution in [1.82, 2.24) is 5.32 Å². The number of rotatable bonds is 14. The van der Waals surface area contributed by atoms with Gasteiger partial charge in [-0.3, -0.25) is 9.52 Å². The van der Waals surface area contributed by atoms with Crippen LogP contribution in [0.15, 0.2) is 41.0 Å². The molecule has 0 aliphatic rings. The fourth-order valence-electron chi connectivity index (χ4n) is 3.18. The number of carbonyl (C=O) groups is 1. The maximum Gasteiger partial charge on any atom is 0.253 e. The summed E-state index contributed by atoms with van der Waals surface area (Å²) in [7, 11) is -3.45. The predicted octanol–water partition coefficient (Wildman–Crippen LogP) is 4.77. The molecule has 0 radical (unpaired) electrons. The van der Waals surface area contributed by atoms with Gasteiger partial charge in [0, 0.05) is 18.8 Å². The second-order valence-corrected chi connectivity index (χ2v) is 9.46. The monoisotopic (exact) mass is 449 g/mol. The third kappa shape index (κ3) is 7.94. The summed E-state index contributed by atoms with van der Waals surface area (Å²) in [5.74, 6) is 0.650. The molecule has 8 heteroatoms. The Kier molecular flexibility index (Phi) is 9.91. The topological polar surface area (TPSA) is 91.7 Å². The van der Waals surface area contributed by atoms with Gasteiger partial charge in [0.25, 0.3) is 5.91 Å². The number of hydrogen-bond acceptors (Lipinski definition) is 5. The van der Waals surface area contributed by atoms with Gasteiger partial charge in [0.2, 0.25) is 10.0 Å². The van der Waals surface area contributed by atoms with Crippen LogP contribution in [0.5, 0.6) is 0 Å². The van der Waals surface area contributed by atoms with Gasteiger partial charge in [0.05, 0.1) is 29.8 Å². The molecule has 0 unspecified atom stereocenters. The number of hydrogen-bond donors (Lipinski definition) is 2. The lowest BCUT2D eigenvalue weighted by atomic mass is 10.1. The molecule has 1 aromatic carbocycles. The molecule has 0 saturated carbocycles. The van der Waals surface area contributed by atoms with Gasteiger partial charge in [0.1, 0.15) is 5.76 Å². The van der Waals surface area contributed by atoms with Crippen molar-refractivity contribution in [3.05, 3.63) is 47.9 Å². The quantitative estimate of drug-likeness (QED) is 0.433. The molecule has 2 N–H and O–H groups in total. The number of amides is 1. The SMILES string of the molecule is CCCCN(Cc1ccco1)c1ccc(NS(=O)(=O)CCCC)cc1C(=O)NCCC. The summed E-state index contributed by atoms with van der Waals surface area (Å²) >= 11 is 0. The minimum atomic E-state index is -3.45. The van der Waals surface area contributed by atoms with Crippen LogP contribution in [0, 0.1) is 0 Å². The summed E-state index contributed by atoms with van der Waals surface area (Å²) < 4.78 is 32.8. The molecule has 172 valence electrons. The standard InChI is InChI=1S/C23H35N3O4S/c1-4-7-14-26(18-20-10-9-15-30-20)22-12-11-19(25-31(28,29)16-8-5-2)17-21(22)23(27)24-13-6-3/h9-12,15,17,25H,4-8,13-14,16,18H2,1-3H3,(H,24,27). The van der Waals surface area contributed by atoms with Crippen molar-refractivity contribution in [2.24, 2.45) is 0 Å². The molecule has 2 aromatic rings. The van der Waals surface area contributed by atoms with E-state index in [2.05, 4.69) is 21.9 Å². The Balaban J connectivity index is 2.39. The average molecular weight is 450 g/mol. The lowest BCUT2D eigenvalue weighted by Crippen LogP contribution is -2.30. The smallest absolute Gasteiger partial charge is 0.253 e. The zero-order valence-corrected chi connectivity index (χ0v) is 19.6. The van der Waals surface area contributed by atoms with E-state index in [1.807, 2.05) is 32.0 Å². The first-order chi connectivity index (χ1) is 14.9. The van der Waals surface area contributed by atoms with Crippen LogP contribution in [0.2, 0.25) is 0 Å². The van der Waals surface area contributed by atoms with Gasteiger partial charge in [-0.1, -0.05) is 33.6 Å². The van der Waals surface area contributed by atoms with Gasteiger partial charge in [0.15, 0.2) is 0 Å². The van der Waals surface area contributed by atoms with Gasteiger partial charge in [-0.15, -0.1) is 0 Å². The largest absolute Gasteiger partial charge is 0.467 e. The molecule has 0 fully saturated rings. The first-order valence-electron chi connectivity index (χ1n) is 11.1. The van der Waals surface area contributed by atoms with Gasteiger partial charge < -0.3 is 14.6 Å². The molecule has 1 heterocycles. The summed E-state index contributed by atoms with van der Waals surface area (Å²) in [6.07, 6.45) is 5.81. The lowest BCUT2D eigenvalue weighted by molar-refractivity contribution is 0.0954. The van der Waals surface area contributed by atoms with Crippen molar-refractivity contribution < 1.29 is 17.6 Å². The third-order valence-electron chi connectivity index (χ3n) is 4.87. The first-order valence-corrected chi connectivity index (χ1v) is 12.8. The highest BCUT2D eigenvalue weighted by molar-refractivity contribution is 7.92. The molecule has 31 heavy (non-hydrogen) atoms. The maximum absolute atomic E-state index is 13.0. The summed E-state index contributed by atoms with van der Waals surface area (Å²) in [6.45, 7) is 7.90. The number of unbranched alkanes of at least 4 members (excludes halogenated alkanes) is 2. The minimum Gasteiger partial charge on any atom is -0.467 e. The molecule has 0 aliphatic carbocycles. The number of carbonyl (C=O) groups excluding carboxylic acids is 1. The van der Waals surface area contributed by atoms with Crippen LogP contribution in [-0.2, 0) is 16.6 Å². The van der Waals surface area contributed by atoms with Crippen molar-refractivity contribution >= 4 is 27.3 Å². The van der Waals surface area contributed by atoms with Gasteiger partial charge in [-0.05, 0) is 49.6 Å². The molecule has 1 amide bonds. The second kappa shape index (κ2) is 12.4. The highest BCUT2D eigenvalue weighted by Crippen LogP contribution is 2.27. The molecule has 0 bridgehead atoms. The molecule has 2 rings (SSSR count). The number of furan rings is 1. The van der Waals surface area contributed by atoms with Crippen molar-refractivity contribution in [2.75, 3.05) is 28.5 Å². The second-order valence-electron chi connectivity index (χ2n) is 7.62. The van der Waals surface area contributed by atoms with Gasteiger partial charge >= 0.3 is 0 Å². The lowest BCUT2D eigenvalue weighted by Gasteiger charge is -2.26. The number of sulfonamides is 1. The third-order valence-corrected chi connectivity index (χ3v) is 6.24. The van der Waals surface area contributed by atoms with Crippen LogP contribution in [0.4, 0.5) is 11.4 Å². The van der Waals surface area contributed by atoms with E-state index in [1.165, 1.54) is 0 Å². The Morgan fingerprint density at radius 2 is 1.84 bits per heavy atom. The molecule has 0 saturated heterocycles. The summed E-state index contributed by atoms with van der Waals surface area (Å²) in [4.78, 5) is 15.1. The zero-order valence-electron chi connectivity index (χ0n) is 18.8. The fraction of sp³-hybridized carbons (Fsp3) is 0.522. The van der Waals surface area contributed by atoms with E-state index < -0.39 is 10.0 Å². The molecule has 1 aromatic heterocycles. The summed E-state index contributed by atoms with van der Waals surface area (Å²) in [6, 6.07) is 8.92. The highest BCUT2D eigenvalue weighted by Gasteiger charge is 2.20. The van der Waals surface area contributed by atoms with E-state index in [1.54, 1.807) is 18.4 Å². The van der Waals surface area contributed by atoms with E-state index >= 15 is 0 Å². The Morgan fingerprint density at radius 3 is 2.48 bits per heavy atom. The summed E-state index contributed by atoms with van der Waals surface area (Å²) in [5.41, 5.74) is 1.61. The average Bonchev–Trinajstić information content (AvgIpc) is 3.26. The molecular formula is C23H35N3O4S. The van der Waals surface area contributed by atoms with Crippen LogP contribution < -0.4 is 14.9 Å². The van der Waals surface area contributed by atoms with E-state index in [9.17, 15) is 13.2 Å². The molecular weight excluding hydrogens is 414 g/mol. The summed E-state index contributed by atoms with van der Waals surface area (Å²) in [5, 5.41) is 2.92. The van der Waals surface area contributed by atoms with Crippen LogP contribution in [0.25, 0.3) is 0 Å².